The zero-order valence-electron chi connectivity index (χ0n) is 12.2. The Bertz CT molecular complexity index is 554. The van der Waals surface area contributed by atoms with Gasteiger partial charge in [0.05, 0.1) is 17.6 Å². The van der Waals surface area contributed by atoms with Crippen molar-refractivity contribution < 1.29 is 13.2 Å². The van der Waals surface area contributed by atoms with Crippen LogP contribution in [-0.2, 0) is 21.3 Å². The van der Waals surface area contributed by atoms with Crippen LogP contribution in [0.5, 0.6) is 0 Å². The van der Waals surface area contributed by atoms with Crippen molar-refractivity contribution in [3.63, 3.8) is 0 Å². The fourth-order valence-corrected chi connectivity index (χ4v) is 5.41. The van der Waals surface area contributed by atoms with Crippen molar-refractivity contribution >= 4 is 21.4 Å². The first-order valence-corrected chi connectivity index (χ1v) is 9.10. The number of morpholine rings is 1. The maximum absolute atomic E-state index is 12.7. The maximum Gasteiger partial charge on any atom is 0.244 e. The zero-order chi connectivity index (χ0) is 14.8. The number of thiophene rings is 1. The van der Waals surface area contributed by atoms with Crippen molar-refractivity contribution in [2.24, 2.45) is 0 Å². The van der Waals surface area contributed by atoms with E-state index in [9.17, 15) is 8.42 Å². The zero-order valence-corrected chi connectivity index (χ0v) is 13.8. The summed E-state index contributed by atoms with van der Waals surface area (Å²) < 4.78 is 32.6. The molecule has 0 aromatic carbocycles. The molecule has 0 saturated carbocycles. The lowest BCUT2D eigenvalue weighted by Crippen LogP contribution is -2.45. The molecule has 1 aromatic rings. The molecule has 0 aliphatic carbocycles. The lowest BCUT2D eigenvalue weighted by atomic mass is 10.2. The van der Waals surface area contributed by atoms with Crippen LogP contribution in [0.1, 0.15) is 23.1 Å². The van der Waals surface area contributed by atoms with Gasteiger partial charge >= 0.3 is 0 Å². The van der Waals surface area contributed by atoms with Crippen molar-refractivity contribution in [3.8, 4) is 0 Å². The third kappa shape index (κ3) is 3.23. The van der Waals surface area contributed by atoms with Crippen molar-refractivity contribution in [1.82, 2.24) is 9.62 Å². The van der Waals surface area contributed by atoms with E-state index in [0.717, 1.165) is 16.2 Å². The molecular weight excluding hydrogens is 296 g/mol. The minimum Gasteiger partial charge on any atom is -0.375 e. The highest BCUT2D eigenvalue weighted by molar-refractivity contribution is 7.89. The Morgan fingerprint density at radius 1 is 1.55 bits per heavy atom. The van der Waals surface area contributed by atoms with Gasteiger partial charge < -0.3 is 10.1 Å². The third-order valence-corrected chi connectivity index (χ3v) is 6.62. The van der Waals surface area contributed by atoms with Crippen LogP contribution < -0.4 is 5.32 Å². The molecule has 0 spiro atoms. The van der Waals surface area contributed by atoms with Gasteiger partial charge in [-0.2, -0.15) is 4.31 Å². The van der Waals surface area contributed by atoms with Gasteiger partial charge in [-0.1, -0.05) is 6.92 Å². The second-order valence-electron chi connectivity index (χ2n) is 4.93. The smallest absolute Gasteiger partial charge is 0.244 e. The Hall–Kier alpha value is -0.470. The standard InChI is InChI=1S/C13H22N2O3S2/c1-4-11-9-15(5-6-18-11)20(16,17)13-7-12(8-14-3)19-10(13)2/h7,11,14H,4-6,8-9H2,1-3H3. The largest absolute Gasteiger partial charge is 0.375 e. The molecule has 1 aliphatic rings. The number of aryl methyl sites for hydroxylation is 1. The number of hydrogen-bond acceptors (Lipinski definition) is 5. The van der Waals surface area contributed by atoms with Gasteiger partial charge in [-0.05, 0) is 26.5 Å². The molecule has 1 N–H and O–H groups in total. The van der Waals surface area contributed by atoms with Gasteiger partial charge in [-0.3, -0.25) is 0 Å². The van der Waals surface area contributed by atoms with Gasteiger partial charge in [0.1, 0.15) is 0 Å². The molecule has 1 aromatic heterocycles. The SMILES string of the molecule is CCC1CN(S(=O)(=O)c2cc(CNC)sc2C)CCO1. The maximum atomic E-state index is 12.7. The second-order valence-corrected chi connectivity index (χ2v) is 8.17. The molecule has 1 aliphatic heterocycles. The first-order chi connectivity index (χ1) is 9.48. The van der Waals surface area contributed by atoms with Gasteiger partial charge in [0.2, 0.25) is 10.0 Å². The summed E-state index contributed by atoms with van der Waals surface area (Å²) in [4.78, 5) is 2.35. The van der Waals surface area contributed by atoms with E-state index in [4.69, 9.17) is 4.74 Å². The number of sulfonamides is 1. The monoisotopic (exact) mass is 318 g/mol. The Kier molecular flexibility index (Phi) is 5.19. The first kappa shape index (κ1) is 15.9. The highest BCUT2D eigenvalue weighted by Crippen LogP contribution is 2.29. The van der Waals surface area contributed by atoms with Crippen molar-refractivity contribution in [2.45, 2.75) is 37.8 Å². The van der Waals surface area contributed by atoms with Gasteiger partial charge in [-0.25, -0.2) is 8.42 Å². The van der Waals surface area contributed by atoms with Gasteiger partial charge in [0, 0.05) is 29.4 Å². The predicted octanol–water partition coefficient (Wildman–Crippen LogP) is 1.58. The van der Waals surface area contributed by atoms with Crippen LogP contribution in [0, 0.1) is 6.92 Å². The van der Waals surface area contributed by atoms with Gasteiger partial charge in [-0.15, -0.1) is 11.3 Å². The third-order valence-electron chi connectivity index (χ3n) is 3.45. The molecule has 20 heavy (non-hydrogen) atoms. The number of ether oxygens (including phenoxy) is 1. The Morgan fingerprint density at radius 3 is 2.95 bits per heavy atom. The summed E-state index contributed by atoms with van der Waals surface area (Å²) in [6, 6.07) is 1.79. The number of rotatable bonds is 5. The normalized spacial score (nSPS) is 21.2. The second kappa shape index (κ2) is 6.53. The highest BCUT2D eigenvalue weighted by Gasteiger charge is 2.32. The van der Waals surface area contributed by atoms with E-state index in [1.54, 1.807) is 10.4 Å². The average molecular weight is 318 g/mol. The molecule has 1 fully saturated rings. The molecule has 2 rings (SSSR count). The molecule has 7 heteroatoms. The topological polar surface area (TPSA) is 58.6 Å². The van der Waals surface area contributed by atoms with E-state index in [1.165, 1.54) is 11.3 Å². The van der Waals surface area contributed by atoms with Crippen LogP contribution in [0.25, 0.3) is 0 Å². The lowest BCUT2D eigenvalue weighted by Gasteiger charge is -2.31. The summed E-state index contributed by atoms with van der Waals surface area (Å²) in [7, 11) is -1.54. The first-order valence-electron chi connectivity index (χ1n) is 6.84. The number of nitrogens with zero attached hydrogens (tertiary/aromatic N) is 1. The Balaban J connectivity index is 2.25. The molecule has 0 amide bonds. The molecule has 0 radical (unpaired) electrons. The number of hydrogen-bond donors (Lipinski definition) is 1. The van der Waals surface area contributed by atoms with Crippen LogP contribution in [0.15, 0.2) is 11.0 Å². The van der Waals surface area contributed by atoms with Crippen molar-refractivity contribution in [2.75, 3.05) is 26.7 Å². The van der Waals surface area contributed by atoms with Crippen LogP contribution in [0.4, 0.5) is 0 Å². The summed E-state index contributed by atoms with van der Waals surface area (Å²) in [6.45, 7) is 5.95. The summed E-state index contributed by atoms with van der Waals surface area (Å²) in [5.74, 6) is 0. The van der Waals surface area contributed by atoms with E-state index in [0.29, 0.717) is 31.1 Å². The lowest BCUT2D eigenvalue weighted by molar-refractivity contribution is -0.00278. The molecule has 2 heterocycles. The molecule has 0 bridgehead atoms. The number of nitrogens with one attached hydrogen (secondary N) is 1. The van der Waals surface area contributed by atoms with Crippen molar-refractivity contribution in [3.05, 3.63) is 15.8 Å². The average Bonchev–Trinajstić information content (AvgIpc) is 2.81. The van der Waals surface area contributed by atoms with Crippen LogP contribution >= 0.6 is 11.3 Å². The van der Waals surface area contributed by atoms with E-state index < -0.39 is 10.0 Å². The molecule has 1 saturated heterocycles. The summed E-state index contributed by atoms with van der Waals surface area (Å²) in [5, 5.41) is 3.05. The minimum atomic E-state index is -3.40. The Labute approximate surface area is 125 Å². The van der Waals surface area contributed by atoms with Crippen LogP contribution in [0.2, 0.25) is 0 Å². The van der Waals surface area contributed by atoms with E-state index in [1.807, 2.05) is 20.9 Å². The Morgan fingerprint density at radius 2 is 2.30 bits per heavy atom. The van der Waals surface area contributed by atoms with E-state index in [-0.39, 0.29) is 6.10 Å². The summed E-state index contributed by atoms with van der Waals surface area (Å²) in [5.41, 5.74) is 0. The molecular formula is C13H22N2O3S2. The van der Waals surface area contributed by atoms with E-state index in [2.05, 4.69) is 5.32 Å². The molecule has 114 valence electrons. The summed E-state index contributed by atoms with van der Waals surface area (Å²) in [6.07, 6.45) is 0.842. The fraction of sp³-hybridized carbons (Fsp3) is 0.692. The fourth-order valence-electron chi connectivity index (χ4n) is 2.34. The van der Waals surface area contributed by atoms with Crippen LogP contribution in [-0.4, -0.2) is 45.6 Å². The predicted molar refractivity (Wildman–Crippen MR) is 80.6 cm³/mol. The van der Waals surface area contributed by atoms with E-state index >= 15 is 0 Å². The van der Waals surface area contributed by atoms with Gasteiger partial charge in [0.15, 0.2) is 0 Å². The van der Waals surface area contributed by atoms with Gasteiger partial charge in [0.25, 0.3) is 0 Å². The quantitative estimate of drug-likeness (QED) is 0.895. The van der Waals surface area contributed by atoms with Crippen molar-refractivity contribution in [1.29, 1.82) is 0 Å². The highest BCUT2D eigenvalue weighted by atomic mass is 32.2. The molecule has 1 unspecified atom stereocenters. The molecule has 1 atom stereocenters. The molecule has 5 nitrogen and oxygen atoms in total. The summed E-state index contributed by atoms with van der Waals surface area (Å²) >= 11 is 1.54. The minimum absolute atomic E-state index is 0.00856. The van der Waals surface area contributed by atoms with Crippen LogP contribution in [0.3, 0.4) is 0 Å².